The van der Waals surface area contributed by atoms with Gasteiger partial charge in [0.15, 0.2) is 6.54 Å². The molecule has 1 saturated heterocycles. The van der Waals surface area contributed by atoms with Crippen molar-refractivity contribution in [2.75, 3.05) is 39.3 Å². The molecule has 30 heavy (non-hydrogen) atoms. The summed E-state index contributed by atoms with van der Waals surface area (Å²) in [5.74, 6) is 0.0239. The number of sulfonamides is 1. The maximum Gasteiger partial charge on any atom is 0.275 e. The Morgan fingerprint density at radius 2 is 1.73 bits per heavy atom. The fourth-order valence-corrected chi connectivity index (χ4v) is 5.85. The van der Waals surface area contributed by atoms with Gasteiger partial charge < -0.3 is 10.2 Å². The molecule has 0 atom stereocenters. The molecule has 6 nitrogen and oxygen atoms in total. The van der Waals surface area contributed by atoms with Crippen molar-refractivity contribution in [1.29, 1.82) is 0 Å². The lowest BCUT2D eigenvalue weighted by molar-refractivity contribution is -0.895. The van der Waals surface area contributed by atoms with Gasteiger partial charge in [0, 0.05) is 6.54 Å². The zero-order valence-corrected chi connectivity index (χ0v) is 18.1. The fraction of sp³-hybridized carbons (Fsp3) is 0.435. The van der Waals surface area contributed by atoms with Crippen LogP contribution in [0.5, 0.6) is 0 Å². The highest BCUT2D eigenvalue weighted by molar-refractivity contribution is 7.89. The molecule has 0 unspecified atom stereocenters. The van der Waals surface area contributed by atoms with Gasteiger partial charge in [0.2, 0.25) is 10.0 Å². The van der Waals surface area contributed by atoms with Gasteiger partial charge in [-0.15, -0.1) is 0 Å². The van der Waals surface area contributed by atoms with Gasteiger partial charge in [-0.2, -0.15) is 4.31 Å². The van der Waals surface area contributed by atoms with Crippen LogP contribution in [-0.2, 0) is 34.1 Å². The van der Waals surface area contributed by atoms with Crippen LogP contribution in [0.3, 0.4) is 0 Å². The molecule has 7 heteroatoms. The summed E-state index contributed by atoms with van der Waals surface area (Å²) < 4.78 is 27.6. The summed E-state index contributed by atoms with van der Waals surface area (Å²) in [6, 6.07) is 15.7. The van der Waals surface area contributed by atoms with Gasteiger partial charge in [-0.3, -0.25) is 4.79 Å². The van der Waals surface area contributed by atoms with E-state index in [4.69, 9.17) is 0 Å². The molecule has 0 bridgehead atoms. The number of hydrogen-bond acceptors (Lipinski definition) is 3. The predicted molar refractivity (Wildman–Crippen MR) is 116 cm³/mol. The van der Waals surface area contributed by atoms with Crippen LogP contribution in [0.1, 0.15) is 23.1 Å². The van der Waals surface area contributed by atoms with Crippen LogP contribution in [-0.4, -0.2) is 57.9 Å². The predicted octanol–water partition coefficient (Wildman–Crippen LogP) is 0.423. The fourth-order valence-electron chi connectivity index (χ4n) is 4.36. The van der Waals surface area contributed by atoms with E-state index in [2.05, 4.69) is 17.4 Å². The van der Waals surface area contributed by atoms with E-state index in [1.807, 2.05) is 30.3 Å². The maximum absolute atomic E-state index is 13.0. The van der Waals surface area contributed by atoms with E-state index in [0.717, 1.165) is 30.6 Å². The number of carbonyl (C=O) groups is 1. The van der Waals surface area contributed by atoms with Crippen LogP contribution in [0.4, 0.5) is 0 Å². The molecule has 0 aromatic heterocycles. The quantitative estimate of drug-likeness (QED) is 0.672. The van der Waals surface area contributed by atoms with Crippen molar-refractivity contribution in [3.8, 4) is 0 Å². The monoisotopic (exact) mass is 428 g/mol. The van der Waals surface area contributed by atoms with Crippen LogP contribution in [0.15, 0.2) is 53.4 Å². The van der Waals surface area contributed by atoms with Crippen molar-refractivity contribution in [1.82, 2.24) is 9.62 Å². The van der Waals surface area contributed by atoms with E-state index in [-0.39, 0.29) is 5.91 Å². The topological polar surface area (TPSA) is 70.9 Å². The number of carbonyl (C=O) groups excluding carboxylic acids is 1. The number of nitrogens with one attached hydrogen (secondary N) is 2. The van der Waals surface area contributed by atoms with E-state index in [1.165, 1.54) is 16.7 Å². The molecular formula is C23H30N3O3S+. The summed E-state index contributed by atoms with van der Waals surface area (Å²) in [7, 11) is -3.46. The minimum absolute atomic E-state index is 0.0239. The van der Waals surface area contributed by atoms with Crippen molar-refractivity contribution in [2.45, 2.75) is 30.6 Å². The zero-order chi connectivity index (χ0) is 21.0. The number of piperazine rings is 1. The van der Waals surface area contributed by atoms with Gasteiger partial charge in [0.1, 0.15) is 0 Å². The number of nitrogens with zero attached hydrogens (tertiary/aromatic N) is 1. The first kappa shape index (κ1) is 21.0. The number of amides is 1. The zero-order valence-electron chi connectivity index (χ0n) is 17.3. The molecule has 0 spiro atoms. The number of aryl methyl sites for hydroxylation is 2. The van der Waals surface area contributed by atoms with E-state index in [9.17, 15) is 13.2 Å². The number of rotatable bonds is 7. The molecule has 4 rings (SSSR count). The van der Waals surface area contributed by atoms with Crippen molar-refractivity contribution in [3.63, 3.8) is 0 Å². The second-order valence-electron chi connectivity index (χ2n) is 8.20. The van der Waals surface area contributed by atoms with Crippen LogP contribution >= 0.6 is 0 Å². The minimum Gasteiger partial charge on any atom is -0.351 e. The van der Waals surface area contributed by atoms with Crippen LogP contribution in [0, 0.1) is 0 Å². The SMILES string of the molecule is O=C(C[NH+]1CCN(S(=O)(=O)c2ccc3c(c2)CCC3)CC1)NCCc1ccccc1. The molecule has 2 N–H and O–H groups in total. The Labute approximate surface area is 178 Å². The maximum atomic E-state index is 13.0. The van der Waals surface area contributed by atoms with Crippen molar-refractivity contribution >= 4 is 15.9 Å². The molecule has 2 aromatic carbocycles. The molecule has 1 aliphatic carbocycles. The lowest BCUT2D eigenvalue weighted by Gasteiger charge is -2.31. The lowest BCUT2D eigenvalue weighted by Crippen LogP contribution is -3.15. The molecule has 2 aromatic rings. The molecule has 1 amide bonds. The van der Waals surface area contributed by atoms with Crippen molar-refractivity contribution in [3.05, 3.63) is 65.2 Å². The number of fused-ring (bicyclic) bond motifs is 1. The highest BCUT2D eigenvalue weighted by Gasteiger charge is 2.31. The van der Waals surface area contributed by atoms with Crippen LogP contribution < -0.4 is 10.2 Å². The van der Waals surface area contributed by atoms with E-state index >= 15 is 0 Å². The summed E-state index contributed by atoms with van der Waals surface area (Å²) in [6.07, 6.45) is 3.93. The first-order chi connectivity index (χ1) is 14.5. The lowest BCUT2D eigenvalue weighted by atomic mass is 10.1. The van der Waals surface area contributed by atoms with Crippen LogP contribution in [0.2, 0.25) is 0 Å². The molecule has 160 valence electrons. The Bertz CT molecular complexity index is 984. The summed E-state index contributed by atoms with van der Waals surface area (Å²) in [5.41, 5.74) is 3.66. The largest absolute Gasteiger partial charge is 0.351 e. The van der Waals surface area contributed by atoms with Gasteiger partial charge in [-0.05, 0) is 54.5 Å². The third-order valence-corrected chi connectivity index (χ3v) is 8.02. The van der Waals surface area contributed by atoms with Gasteiger partial charge in [-0.25, -0.2) is 8.42 Å². The molecular weight excluding hydrogens is 398 g/mol. The molecule has 0 radical (unpaired) electrons. The highest BCUT2D eigenvalue weighted by Crippen LogP contribution is 2.26. The summed E-state index contributed by atoms with van der Waals surface area (Å²) in [6.45, 7) is 3.21. The smallest absolute Gasteiger partial charge is 0.275 e. The van der Waals surface area contributed by atoms with E-state index in [1.54, 1.807) is 10.4 Å². The standard InChI is InChI=1S/C23H29N3O3S/c27-23(24-12-11-19-5-2-1-3-6-19)18-25-13-15-26(16-14-25)30(28,29)22-10-9-20-7-4-8-21(20)17-22/h1-3,5-6,9-10,17H,4,7-8,11-16,18H2,(H,24,27)/p+1. The minimum atomic E-state index is -3.46. The van der Waals surface area contributed by atoms with E-state index in [0.29, 0.717) is 44.2 Å². The second kappa shape index (κ2) is 9.29. The Morgan fingerprint density at radius 1 is 1.00 bits per heavy atom. The third kappa shape index (κ3) is 4.91. The average molecular weight is 429 g/mol. The highest BCUT2D eigenvalue weighted by atomic mass is 32.2. The first-order valence-electron chi connectivity index (χ1n) is 10.8. The average Bonchev–Trinajstić information content (AvgIpc) is 3.23. The normalized spacial score (nSPS) is 17.6. The number of quaternary nitrogens is 1. The Balaban J connectivity index is 1.24. The summed E-state index contributed by atoms with van der Waals surface area (Å²) >= 11 is 0. The van der Waals surface area contributed by atoms with Crippen molar-refractivity contribution < 1.29 is 18.1 Å². The first-order valence-corrected chi connectivity index (χ1v) is 12.2. The third-order valence-electron chi connectivity index (χ3n) is 6.13. The van der Waals surface area contributed by atoms with Crippen LogP contribution in [0.25, 0.3) is 0 Å². The molecule has 1 heterocycles. The van der Waals surface area contributed by atoms with Gasteiger partial charge >= 0.3 is 0 Å². The number of hydrogen-bond donors (Lipinski definition) is 2. The Kier molecular flexibility index (Phi) is 6.51. The van der Waals surface area contributed by atoms with E-state index < -0.39 is 10.0 Å². The molecule has 1 fully saturated rings. The van der Waals surface area contributed by atoms with Gasteiger partial charge in [-0.1, -0.05) is 36.4 Å². The molecule has 1 aliphatic heterocycles. The summed E-state index contributed by atoms with van der Waals surface area (Å²) in [5, 5.41) is 2.98. The van der Waals surface area contributed by atoms with Gasteiger partial charge in [0.05, 0.1) is 31.1 Å². The number of benzene rings is 2. The Morgan fingerprint density at radius 3 is 2.50 bits per heavy atom. The summed E-state index contributed by atoms with van der Waals surface area (Å²) in [4.78, 5) is 13.8. The van der Waals surface area contributed by atoms with Crippen molar-refractivity contribution in [2.24, 2.45) is 0 Å². The molecule has 2 aliphatic rings. The second-order valence-corrected chi connectivity index (χ2v) is 10.1. The molecule has 0 saturated carbocycles. The van der Waals surface area contributed by atoms with Gasteiger partial charge in [0.25, 0.3) is 5.91 Å². The Hall–Kier alpha value is -2.22.